The fourth-order valence-electron chi connectivity index (χ4n) is 4.40. The Morgan fingerprint density at radius 1 is 0.854 bits per heavy atom. The van der Waals surface area contributed by atoms with Crippen molar-refractivity contribution in [2.24, 2.45) is 0 Å². The van der Waals surface area contributed by atoms with Crippen LogP contribution in [0.2, 0.25) is 0 Å². The Labute approximate surface area is 239 Å². The summed E-state index contributed by atoms with van der Waals surface area (Å²) >= 11 is 0. The summed E-state index contributed by atoms with van der Waals surface area (Å²) in [4.78, 5) is 63.2. The summed E-state index contributed by atoms with van der Waals surface area (Å²) in [6, 6.07) is 3.55. The highest BCUT2D eigenvalue weighted by atomic mass is 16.6. The van der Waals surface area contributed by atoms with E-state index >= 15 is 0 Å². The highest BCUT2D eigenvalue weighted by Gasteiger charge is 2.45. The van der Waals surface area contributed by atoms with Gasteiger partial charge in [0.1, 0.15) is 6.04 Å². The predicted molar refractivity (Wildman–Crippen MR) is 145 cm³/mol. The molecule has 0 radical (unpaired) electrons. The van der Waals surface area contributed by atoms with Crippen LogP contribution >= 0.6 is 0 Å². The minimum Gasteiger partial charge on any atom is -0.382 e. The Morgan fingerprint density at radius 2 is 1.49 bits per heavy atom. The third kappa shape index (κ3) is 9.97. The van der Waals surface area contributed by atoms with E-state index in [0.717, 1.165) is 17.7 Å². The van der Waals surface area contributed by atoms with Crippen LogP contribution in [0.3, 0.4) is 0 Å². The molecule has 13 nitrogen and oxygen atoms in total. The van der Waals surface area contributed by atoms with E-state index in [0.29, 0.717) is 65.9 Å². The molecule has 226 valence electrons. The van der Waals surface area contributed by atoms with Crippen LogP contribution in [0, 0.1) is 0 Å². The molecule has 0 aromatic heterocycles. The average Bonchev–Trinajstić information content (AvgIpc) is 3.20. The minimum absolute atomic E-state index is 0.0365. The molecule has 3 rings (SSSR count). The SMILES string of the molecule is COCCOCCOCCOCCOCCCCCC(=O)Nc1cccc2c1C(=O)N(C1CCC(=O)NC1=O)C2=O. The van der Waals surface area contributed by atoms with Gasteiger partial charge in [0.2, 0.25) is 17.7 Å². The van der Waals surface area contributed by atoms with Crippen LogP contribution in [-0.4, -0.2) is 107 Å². The van der Waals surface area contributed by atoms with Crippen LogP contribution in [-0.2, 0) is 38.1 Å². The summed E-state index contributed by atoms with van der Waals surface area (Å²) in [6.45, 7) is 4.62. The summed E-state index contributed by atoms with van der Waals surface area (Å²) in [6.07, 6.45) is 2.53. The lowest BCUT2D eigenvalue weighted by Crippen LogP contribution is -2.54. The number of anilines is 1. The largest absolute Gasteiger partial charge is 0.382 e. The number of unbranched alkanes of at least 4 members (excludes halogenated alkanes) is 2. The summed E-state index contributed by atoms with van der Waals surface area (Å²) in [5, 5.41) is 4.89. The van der Waals surface area contributed by atoms with E-state index in [1.54, 1.807) is 19.2 Å². The van der Waals surface area contributed by atoms with Crippen LogP contribution in [0.4, 0.5) is 5.69 Å². The van der Waals surface area contributed by atoms with E-state index in [2.05, 4.69) is 10.6 Å². The van der Waals surface area contributed by atoms with Crippen molar-refractivity contribution in [3.8, 4) is 0 Å². The van der Waals surface area contributed by atoms with Crippen molar-refractivity contribution < 1.29 is 47.7 Å². The third-order valence-corrected chi connectivity index (χ3v) is 6.48. The molecule has 13 heteroatoms. The van der Waals surface area contributed by atoms with Crippen LogP contribution in [0.15, 0.2) is 18.2 Å². The molecule has 0 aliphatic carbocycles. The zero-order chi connectivity index (χ0) is 29.5. The number of methoxy groups -OCH3 is 1. The molecule has 1 saturated heterocycles. The Morgan fingerprint density at radius 3 is 2.12 bits per heavy atom. The first-order valence-corrected chi connectivity index (χ1v) is 13.9. The molecule has 1 aromatic rings. The second-order valence-electron chi connectivity index (χ2n) is 9.48. The molecule has 1 unspecified atom stereocenters. The van der Waals surface area contributed by atoms with Gasteiger partial charge in [-0.3, -0.25) is 34.2 Å². The summed E-state index contributed by atoms with van der Waals surface area (Å²) in [5.41, 5.74) is 0.406. The Bertz CT molecular complexity index is 1060. The van der Waals surface area contributed by atoms with Crippen LogP contribution in [0.1, 0.15) is 59.2 Å². The molecule has 2 aliphatic heterocycles. The molecule has 0 saturated carbocycles. The lowest BCUT2D eigenvalue weighted by atomic mass is 10.0. The third-order valence-electron chi connectivity index (χ3n) is 6.48. The number of hydrogen-bond donors (Lipinski definition) is 2. The van der Waals surface area contributed by atoms with Crippen molar-refractivity contribution in [1.29, 1.82) is 0 Å². The van der Waals surface area contributed by atoms with Crippen molar-refractivity contribution in [1.82, 2.24) is 10.2 Å². The van der Waals surface area contributed by atoms with Gasteiger partial charge in [-0.05, 0) is 31.4 Å². The lowest BCUT2D eigenvalue weighted by Gasteiger charge is -2.27. The van der Waals surface area contributed by atoms with Crippen molar-refractivity contribution in [2.45, 2.75) is 44.6 Å². The lowest BCUT2D eigenvalue weighted by molar-refractivity contribution is -0.136. The Hall–Kier alpha value is -3.23. The van der Waals surface area contributed by atoms with Gasteiger partial charge in [0.25, 0.3) is 11.8 Å². The summed E-state index contributed by atoms with van der Waals surface area (Å²) < 4.78 is 26.5. The average molecular weight is 578 g/mol. The molecule has 1 fully saturated rings. The maximum atomic E-state index is 13.1. The molecule has 1 aromatic carbocycles. The number of imide groups is 2. The van der Waals surface area contributed by atoms with Gasteiger partial charge in [-0.2, -0.15) is 0 Å². The number of piperidine rings is 1. The van der Waals surface area contributed by atoms with Crippen molar-refractivity contribution in [2.75, 3.05) is 71.9 Å². The molecular formula is C28H39N3O10. The van der Waals surface area contributed by atoms with Gasteiger partial charge in [0, 0.05) is 26.6 Å². The molecule has 1 atom stereocenters. The number of carbonyl (C=O) groups excluding carboxylic acids is 5. The monoisotopic (exact) mass is 577 g/mol. The second kappa shape index (κ2) is 17.6. The standard InChI is InChI=1S/C28H39N3O10/c1-37-12-13-39-16-17-41-19-18-40-15-14-38-11-4-2-3-8-23(32)29-21-7-5-6-20-25(21)28(36)31(27(20)35)22-9-10-24(33)30-26(22)34/h5-7,22H,2-4,8-19H2,1H3,(H,29,32)(H,30,33,34). The van der Waals surface area contributed by atoms with Gasteiger partial charge in [-0.1, -0.05) is 12.5 Å². The minimum atomic E-state index is -1.06. The van der Waals surface area contributed by atoms with Crippen molar-refractivity contribution in [3.63, 3.8) is 0 Å². The number of fused-ring (bicyclic) bond motifs is 1. The number of ether oxygens (including phenoxy) is 5. The highest BCUT2D eigenvalue weighted by Crippen LogP contribution is 2.32. The molecule has 0 spiro atoms. The van der Waals surface area contributed by atoms with E-state index < -0.39 is 29.7 Å². The summed E-state index contributed by atoms with van der Waals surface area (Å²) in [7, 11) is 1.63. The van der Waals surface area contributed by atoms with Gasteiger partial charge in [0.05, 0.1) is 69.7 Å². The van der Waals surface area contributed by atoms with Crippen molar-refractivity contribution in [3.05, 3.63) is 29.3 Å². The zero-order valence-electron chi connectivity index (χ0n) is 23.4. The fraction of sp³-hybridized carbons (Fsp3) is 0.607. The molecular weight excluding hydrogens is 538 g/mol. The Kier molecular flexibility index (Phi) is 13.8. The predicted octanol–water partition coefficient (Wildman–Crippen LogP) is 1.30. The second-order valence-corrected chi connectivity index (χ2v) is 9.48. The molecule has 2 aliphatic rings. The first kappa shape index (κ1) is 32.3. The number of carbonyl (C=O) groups is 5. The van der Waals surface area contributed by atoms with Crippen LogP contribution in [0.5, 0.6) is 0 Å². The fourth-order valence-corrected chi connectivity index (χ4v) is 4.40. The maximum Gasteiger partial charge on any atom is 0.264 e. The number of nitrogens with zero attached hydrogens (tertiary/aromatic N) is 1. The van der Waals surface area contributed by atoms with Gasteiger partial charge >= 0.3 is 0 Å². The Balaban J connectivity index is 1.26. The normalized spacial score (nSPS) is 16.7. The summed E-state index contributed by atoms with van der Waals surface area (Å²) in [5.74, 6) is -2.68. The molecule has 0 bridgehead atoms. The number of rotatable bonds is 20. The highest BCUT2D eigenvalue weighted by molar-refractivity contribution is 6.26. The van der Waals surface area contributed by atoms with Gasteiger partial charge in [-0.25, -0.2) is 0 Å². The smallest absolute Gasteiger partial charge is 0.264 e. The van der Waals surface area contributed by atoms with Gasteiger partial charge in [-0.15, -0.1) is 0 Å². The molecule has 5 amide bonds. The van der Waals surface area contributed by atoms with Gasteiger partial charge in [0.15, 0.2) is 0 Å². The van der Waals surface area contributed by atoms with E-state index in [4.69, 9.17) is 23.7 Å². The number of amides is 5. The van der Waals surface area contributed by atoms with Crippen LogP contribution in [0.25, 0.3) is 0 Å². The number of nitrogens with one attached hydrogen (secondary N) is 2. The van der Waals surface area contributed by atoms with E-state index in [1.807, 2.05) is 0 Å². The van der Waals surface area contributed by atoms with E-state index in [9.17, 15) is 24.0 Å². The number of hydrogen-bond acceptors (Lipinski definition) is 10. The van der Waals surface area contributed by atoms with Gasteiger partial charge < -0.3 is 29.0 Å². The van der Waals surface area contributed by atoms with Crippen molar-refractivity contribution >= 4 is 35.2 Å². The maximum absolute atomic E-state index is 13.1. The molecule has 41 heavy (non-hydrogen) atoms. The number of benzene rings is 1. The van der Waals surface area contributed by atoms with Crippen LogP contribution < -0.4 is 10.6 Å². The van der Waals surface area contributed by atoms with E-state index in [1.165, 1.54) is 6.07 Å². The molecule has 2 heterocycles. The zero-order valence-corrected chi connectivity index (χ0v) is 23.4. The van der Waals surface area contributed by atoms with E-state index in [-0.39, 0.29) is 42.0 Å². The topological polar surface area (TPSA) is 159 Å². The quantitative estimate of drug-likeness (QED) is 0.171. The first-order chi connectivity index (χ1) is 19.9. The molecule has 2 N–H and O–H groups in total. The first-order valence-electron chi connectivity index (χ1n) is 13.9.